The standard InChI is InChI=1S/C17H19N3O/c21-17(18-16-12-19-8-6-15(16)10-19)20-9-7-14(11-20)13-4-2-1-3-5-13/h1-5,7,9,11,15-16H,6,8,10,12H2,(H,18,21)/t15-,16?/m0/s1. The van der Waals surface area contributed by atoms with E-state index >= 15 is 0 Å². The molecule has 21 heavy (non-hydrogen) atoms. The highest BCUT2D eigenvalue weighted by atomic mass is 16.2. The molecule has 4 rings (SSSR count). The molecule has 4 heteroatoms. The summed E-state index contributed by atoms with van der Waals surface area (Å²) in [4.78, 5) is 14.8. The molecule has 2 saturated heterocycles. The zero-order valence-corrected chi connectivity index (χ0v) is 11.9. The second kappa shape index (κ2) is 5.04. The molecule has 2 unspecified atom stereocenters. The van der Waals surface area contributed by atoms with E-state index < -0.39 is 0 Å². The highest BCUT2D eigenvalue weighted by molar-refractivity contribution is 5.79. The van der Waals surface area contributed by atoms with E-state index in [1.807, 2.05) is 36.7 Å². The predicted octanol–water partition coefficient (Wildman–Crippen LogP) is 2.42. The van der Waals surface area contributed by atoms with Gasteiger partial charge in [-0.25, -0.2) is 4.79 Å². The lowest BCUT2D eigenvalue weighted by atomic mass is 10.0. The number of amides is 1. The first-order chi connectivity index (χ1) is 10.3. The molecule has 3 atom stereocenters. The van der Waals surface area contributed by atoms with Gasteiger partial charge in [-0.2, -0.15) is 0 Å². The molecule has 0 radical (unpaired) electrons. The van der Waals surface area contributed by atoms with Gasteiger partial charge in [-0.1, -0.05) is 30.3 Å². The fraction of sp³-hybridized carbons (Fsp3) is 0.353. The Labute approximate surface area is 124 Å². The first-order valence-electron chi connectivity index (χ1n) is 7.56. The summed E-state index contributed by atoms with van der Waals surface area (Å²) in [7, 11) is 0. The predicted molar refractivity (Wildman–Crippen MR) is 82.1 cm³/mol. The fourth-order valence-corrected chi connectivity index (χ4v) is 3.50. The van der Waals surface area contributed by atoms with Gasteiger partial charge >= 0.3 is 6.03 Å². The summed E-state index contributed by atoms with van der Waals surface area (Å²) < 4.78 is 1.66. The molecule has 2 aliphatic heterocycles. The van der Waals surface area contributed by atoms with Crippen molar-refractivity contribution in [2.24, 2.45) is 5.92 Å². The largest absolute Gasteiger partial charge is 0.333 e. The Kier molecular flexibility index (Phi) is 3.04. The molecule has 108 valence electrons. The van der Waals surface area contributed by atoms with E-state index in [4.69, 9.17) is 0 Å². The maximum atomic E-state index is 12.4. The highest BCUT2D eigenvalue weighted by Crippen LogP contribution is 2.27. The van der Waals surface area contributed by atoms with Crippen LogP contribution in [0.25, 0.3) is 11.1 Å². The lowest BCUT2D eigenvalue weighted by Crippen LogP contribution is -2.44. The molecule has 1 aromatic heterocycles. The van der Waals surface area contributed by atoms with E-state index in [1.54, 1.807) is 4.57 Å². The van der Waals surface area contributed by atoms with Crippen LogP contribution in [0.2, 0.25) is 0 Å². The molecule has 0 aliphatic carbocycles. The van der Waals surface area contributed by atoms with Gasteiger partial charge in [0.25, 0.3) is 0 Å². The number of benzene rings is 1. The molecule has 2 aliphatic rings. The smallest absolute Gasteiger partial charge is 0.325 e. The number of carbonyl (C=O) groups excluding carboxylic acids is 1. The van der Waals surface area contributed by atoms with Gasteiger partial charge in [0.2, 0.25) is 0 Å². The lowest BCUT2D eigenvalue weighted by Gasteiger charge is -2.23. The van der Waals surface area contributed by atoms with Crippen molar-refractivity contribution in [3.05, 3.63) is 48.8 Å². The van der Waals surface area contributed by atoms with Crippen LogP contribution in [0.5, 0.6) is 0 Å². The molecular formula is C17H19N3O. The number of rotatable bonds is 2. The van der Waals surface area contributed by atoms with Crippen molar-refractivity contribution in [3.8, 4) is 11.1 Å². The minimum atomic E-state index is -0.0177. The minimum Gasteiger partial charge on any atom is -0.333 e. The molecule has 2 bridgehead atoms. The van der Waals surface area contributed by atoms with Crippen LogP contribution in [0.1, 0.15) is 6.42 Å². The Morgan fingerprint density at radius 2 is 1.95 bits per heavy atom. The molecule has 0 saturated carbocycles. The van der Waals surface area contributed by atoms with Crippen LogP contribution >= 0.6 is 0 Å². The summed E-state index contributed by atoms with van der Waals surface area (Å²) in [6.07, 6.45) is 4.95. The number of nitrogens with zero attached hydrogens (tertiary/aromatic N) is 2. The summed E-state index contributed by atoms with van der Waals surface area (Å²) in [6.45, 7) is 3.34. The Balaban J connectivity index is 1.47. The molecule has 1 aromatic carbocycles. The third kappa shape index (κ3) is 2.36. The van der Waals surface area contributed by atoms with Gasteiger partial charge in [0.15, 0.2) is 0 Å². The molecule has 2 aromatic rings. The summed E-state index contributed by atoms with van der Waals surface area (Å²) in [5.74, 6) is 0.637. The number of fused-ring (bicyclic) bond motifs is 2. The summed E-state index contributed by atoms with van der Waals surface area (Å²) in [6, 6.07) is 12.4. The van der Waals surface area contributed by atoms with Crippen LogP contribution in [0.4, 0.5) is 4.79 Å². The third-order valence-electron chi connectivity index (χ3n) is 4.68. The van der Waals surface area contributed by atoms with Crippen LogP contribution in [0.15, 0.2) is 48.8 Å². The van der Waals surface area contributed by atoms with Crippen molar-refractivity contribution < 1.29 is 4.79 Å². The van der Waals surface area contributed by atoms with Crippen molar-refractivity contribution in [2.45, 2.75) is 12.5 Å². The molecule has 1 N–H and O–H groups in total. The van der Waals surface area contributed by atoms with E-state index in [0.717, 1.165) is 24.2 Å². The van der Waals surface area contributed by atoms with Gasteiger partial charge in [0.1, 0.15) is 0 Å². The monoisotopic (exact) mass is 281 g/mol. The fourth-order valence-electron chi connectivity index (χ4n) is 3.50. The number of hydrogen-bond donors (Lipinski definition) is 1. The van der Waals surface area contributed by atoms with Crippen molar-refractivity contribution >= 4 is 6.03 Å². The number of carbonyl (C=O) groups is 1. The molecule has 3 heterocycles. The Bertz CT molecular complexity index is 649. The van der Waals surface area contributed by atoms with Crippen molar-refractivity contribution in [1.82, 2.24) is 14.8 Å². The van der Waals surface area contributed by atoms with Gasteiger partial charge in [0.05, 0.1) is 0 Å². The van der Waals surface area contributed by atoms with Gasteiger partial charge in [-0.3, -0.25) is 4.57 Å². The second-order valence-electron chi connectivity index (χ2n) is 6.04. The number of piperidine rings is 1. The van der Waals surface area contributed by atoms with E-state index in [-0.39, 0.29) is 6.03 Å². The zero-order chi connectivity index (χ0) is 14.2. The first kappa shape index (κ1) is 12.7. The van der Waals surface area contributed by atoms with Crippen LogP contribution in [0.3, 0.4) is 0 Å². The summed E-state index contributed by atoms with van der Waals surface area (Å²) in [5.41, 5.74) is 2.21. The third-order valence-corrected chi connectivity index (χ3v) is 4.68. The maximum absolute atomic E-state index is 12.4. The highest BCUT2D eigenvalue weighted by Gasteiger charge is 2.38. The summed E-state index contributed by atoms with van der Waals surface area (Å²) in [5, 5.41) is 3.17. The summed E-state index contributed by atoms with van der Waals surface area (Å²) >= 11 is 0. The normalized spacial score (nSPS) is 27.0. The molecule has 0 spiro atoms. The van der Waals surface area contributed by atoms with Crippen molar-refractivity contribution in [3.63, 3.8) is 0 Å². The lowest BCUT2D eigenvalue weighted by molar-refractivity contribution is 0.231. The van der Waals surface area contributed by atoms with E-state index in [0.29, 0.717) is 12.0 Å². The zero-order valence-electron chi connectivity index (χ0n) is 11.9. The SMILES string of the molecule is O=C(NC1CN2CC[C@H]1C2)n1ccc(-c2ccccc2)c1. The second-order valence-corrected chi connectivity index (χ2v) is 6.04. The van der Waals surface area contributed by atoms with Crippen molar-refractivity contribution in [2.75, 3.05) is 19.6 Å². The molecule has 1 amide bonds. The van der Waals surface area contributed by atoms with Gasteiger partial charge in [-0.05, 0) is 36.1 Å². The van der Waals surface area contributed by atoms with Gasteiger partial charge < -0.3 is 10.2 Å². The van der Waals surface area contributed by atoms with E-state index in [1.165, 1.54) is 13.0 Å². The van der Waals surface area contributed by atoms with Crippen molar-refractivity contribution in [1.29, 1.82) is 0 Å². The Hall–Kier alpha value is -2.07. The Morgan fingerprint density at radius 1 is 1.10 bits per heavy atom. The first-order valence-corrected chi connectivity index (χ1v) is 7.56. The minimum absolute atomic E-state index is 0.0177. The van der Waals surface area contributed by atoms with E-state index in [2.05, 4.69) is 22.3 Å². The molecule has 4 nitrogen and oxygen atoms in total. The van der Waals surface area contributed by atoms with Crippen LogP contribution in [-0.2, 0) is 0 Å². The van der Waals surface area contributed by atoms with Crippen LogP contribution in [-0.4, -0.2) is 41.2 Å². The van der Waals surface area contributed by atoms with E-state index in [9.17, 15) is 4.79 Å². The topological polar surface area (TPSA) is 37.3 Å². The average Bonchev–Trinajstić information content (AvgIpc) is 3.24. The average molecular weight is 281 g/mol. The number of nitrogens with one attached hydrogen (secondary N) is 1. The molecular weight excluding hydrogens is 262 g/mol. The number of aromatic nitrogens is 1. The Morgan fingerprint density at radius 3 is 2.67 bits per heavy atom. The van der Waals surface area contributed by atoms with Gasteiger partial charge in [0, 0.05) is 31.5 Å². The van der Waals surface area contributed by atoms with Crippen LogP contribution in [0, 0.1) is 5.92 Å². The molecule has 2 fully saturated rings. The quantitative estimate of drug-likeness (QED) is 0.918. The van der Waals surface area contributed by atoms with Gasteiger partial charge in [-0.15, -0.1) is 0 Å². The number of hydrogen-bond acceptors (Lipinski definition) is 2. The van der Waals surface area contributed by atoms with Crippen LogP contribution < -0.4 is 5.32 Å². The maximum Gasteiger partial charge on any atom is 0.325 e.